The molecule has 2 aliphatic heterocycles. The van der Waals surface area contributed by atoms with E-state index in [1.54, 1.807) is 19.2 Å². The molecule has 0 spiro atoms. The number of aliphatic hydroxyl groups is 1. The van der Waals surface area contributed by atoms with Crippen LogP contribution in [0.3, 0.4) is 0 Å². The minimum absolute atomic E-state index is 0.303. The Balaban J connectivity index is 1.43. The summed E-state index contributed by atoms with van der Waals surface area (Å²) in [6, 6.07) is 4.84. The summed E-state index contributed by atoms with van der Waals surface area (Å²) in [5.74, 6) is -2.28. The molecule has 1 aromatic carbocycles. The summed E-state index contributed by atoms with van der Waals surface area (Å²) in [4.78, 5) is 57.8. The van der Waals surface area contributed by atoms with Crippen molar-refractivity contribution in [2.45, 2.75) is 81.4 Å². The number of alkyl halides is 3. The van der Waals surface area contributed by atoms with Gasteiger partial charge in [-0.05, 0) is 74.6 Å². The van der Waals surface area contributed by atoms with Crippen LogP contribution in [0.5, 0.6) is 0 Å². The summed E-state index contributed by atoms with van der Waals surface area (Å²) in [6.45, 7) is 7.47. The van der Waals surface area contributed by atoms with Gasteiger partial charge in [0.1, 0.15) is 24.7 Å². The average Bonchev–Trinajstić information content (AvgIpc) is 3.07. The highest BCUT2D eigenvalue weighted by Gasteiger charge is 2.41. The SMILES string of the molecule is CC(C)[C@H](NC(=O)C1(/C=C/c2cc3cc([C@@H](C)O)ccc3cn2)CCOCC1)C(=O)N[C@@H](C)C(=O)N1CCC[C@@H](C(=O)OCC(Cl)(Cl)Cl)N1. The Kier molecular flexibility index (Phi) is 13.3. The minimum Gasteiger partial charge on any atom is -0.460 e. The number of esters is 1. The molecule has 3 amide bonds. The molecular formula is C34H44Cl3N5O7. The molecule has 0 bridgehead atoms. The molecule has 0 aliphatic carbocycles. The first-order valence-electron chi connectivity index (χ1n) is 16.4. The summed E-state index contributed by atoms with van der Waals surface area (Å²) in [7, 11) is 0. The molecule has 2 aromatic rings. The van der Waals surface area contributed by atoms with Crippen molar-refractivity contribution in [3.05, 3.63) is 47.8 Å². The fourth-order valence-corrected chi connectivity index (χ4v) is 5.93. The van der Waals surface area contributed by atoms with Gasteiger partial charge in [0.15, 0.2) is 0 Å². The molecule has 2 aliphatic rings. The van der Waals surface area contributed by atoms with Crippen molar-refractivity contribution in [3.8, 4) is 0 Å². The number of hydrazine groups is 1. The Hall–Kier alpha value is -3.00. The number of nitrogens with zero attached hydrogens (tertiary/aromatic N) is 2. The van der Waals surface area contributed by atoms with E-state index >= 15 is 0 Å². The molecule has 12 nitrogen and oxygen atoms in total. The molecule has 0 saturated carbocycles. The van der Waals surface area contributed by atoms with Gasteiger partial charge in [0.2, 0.25) is 15.6 Å². The molecule has 49 heavy (non-hydrogen) atoms. The van der Waals surface area contributed by atoms with Gasteiger partial charge >= 0.3 is 5.97 Å². The van der Waals surface area contributed by atoms with E-state index in [4.69, 9.17) is 44.3 Å². The first-order chi connectivity index (χ1) is 23.1. The zero-order chi connectivity index (χ0) is 35.9. The van der Waals surface area contributed by atoms with Crippen LogP contribution in [0.1, 0.15) is 70.7 Å². The Bertz CT molecular complexity index is 1540. The number of benzene rings is 1. The van der Waals surface area contributed by atoms with Gasteiger partial charge in [-0.15, -0.1) is 0 Å². The highest BCUT2D eigenvalue weighted by Crippen LogP contribution is 2.34. The monoisotopic (exact) mass is 739 g/mol. The van der Waals surface area contributed by atoms with Crippen LogP contribution in [-0.4, -0.2) is 87.1 Å². The third-order valence-electron chi connectivity index (χ3n) is 8.74. The van der Waals surface area contributed by atoms with Crippen molar-refractivity contribution in [2.75, 3.05) is 26.4 Å². The molecule has 15 heteroatoms. The molecule has 4 atom stereocenters. The third-order valence-corrected chi connectivity index (χ3v) is 9.07. The van der Waals surface area contributed by atoms with Crippen molar-refractivity contribution in [1.82, 2.24) is 26.1 Å². The summed E-state index contributed by atoms with van der Waals surface area (Å²) in [5.41, 5.74) is 3.32. The molecule has 268 valence electrons. The summed E-state index contributed by atoms with van der Waals surface area (Å²) < 4.78 is 8.87. The Morgan fingerprint density at radius 2 is 1.84 bits per heavy atom. The number of nitrogens with one attached hydrogen (secondary N) is 3. The van der Waals surface area contributed by atoms with E-state index < -0.39 is 57.8 Å². The Morgan fingerprint density at radius 1 is 1.12 bits per heavy atom. The van der Waals surface area contributed by atoms with Crippen LogP contribution in [0.4, 0.5) is 0 Å². The number of carbonyl (C=O) groups is 4. The molecule has 2 saturated heterocycles. The van der Waals surface area contributed by atoms with Gasteiger partial charge in [0.25, 0.3) is 5.91 Å². The summed E-state index contributed by atoms with van der Waals surface area (Å²) >= 11 is 17.0. The molecule has 4 rings (SSSR count). The number of halogens is 3. The quantitative estimate of drug-likeness (QED) is 0.196. The fourth-order valence-electron chi connectivity index (χ4n) is 5.76. The fraction of sp³-hybridized carbons (Fsp3) is 0.559. The number of hydrogen-bond acceptors (Lipinski definition) is 9. The molecule has 1 aromatic heterocycles. The summed E-state index contributed by atoms with van der Waals surface area (Å²) in [5, 5.41) is 18.8. The van der Waals surface area contributed by atoms with Gasteiger partial charge < -0.3 is 25.2 Å². The smallest absolute Gasteiger partial charge is 0.325 e. The molecule has 0 unspecified atom stereocenters. The van der Waals surface area contributed by atoms with Crippen LogP contribution in [0.15, 0.2) is 36.5 Å². The van der Waals surface area contributed by atoms with Gasteiger partial charge in [0, 0.05) is 31.3 Å². The van der Waals surface area contributed by atoms with Crippen LogP contribution in [0.25, 0.3) is 16.8 Å². The van der Waals surface area contributed by atoms with Crippen LogP contribution < -0.4 is 16.1 Å². The Morgan fingerprint density at radius 3 is 2.49 bits per heavy atom. The predicted molar refractivity (Wildman–Crippen MR) is 187 cm³/mol. The van der Waals surface area contributed by atoms with Crippen molar-refractivity contribution in [2.24, 2.45) is 11.3 Å². The second-order valence-corrected chi connectivity index (χ2v) is 15.5. The van der Waals surface area contributed by atoms with Gasteiger partial charge in [-0.25, -0.2) is 5.43 Å². The van der Waals surface area contributed by atoms with Crippen LogP contribution >= 0.6 is 34.8 Å². The molecule has 3 heterocycles. The molecular weight excluding hydrogens is 697 g/mol. The maximum Gasteiger partial charge on any atom is 0.325 e. The standard InChI is InChI=1S/C34H44Cl3N5O7/c1-20(2)28(29(44)39-21(3)30(45)42-13-5-6-27(41-42)31(46)49-19-34(35,36)37)40-32(47)33(11-14-48-15-12-33)10-9-26-17-25-16-23(22(4)43)7-8-24(25)18-38-26/h7-10,16-18,20-22,27-28,41,43H,5-6,11-15,19H2,1-4H3,(H,39,44)(H,40,47)/b10-9+/t21-,22+,27-,28-/m0/s1. The highest BCUT2D eigenvalue weighted by molar-refractivity contribution is 6.67. The van der Waals surface area contributed by atoms with E-state index in [2.05, 4.69) is 21.0 Å². The largest absolute Gasteiger partial charge is 0.460 e. The lowest BCUT2D eigenvalue weighted by Gasteiger charge is -2.36. The van der Waals surface area contributed by atoms with Crippen LogP contribution in [-0.2, 0) is 28.7 Å². The zero-order valence-corrected chi connectivity index (χ0v) is 30.3. The van der Waals surface area contributed by atoms with E-state index in [1.165, 1.54) is 11.9 Å². The van der Waals surface area contributed by atoms with Crippen molar-refractivity contribution < 1.29 is 33.8 Å². The lowest BCUT2D eigenvalue weighted by Crippen LogP contribution is -2.61. The first kappa shape index (κ1) is 38.8. The van der Waals surface area contributed by atoms with E-state index in [-0.39, 0.29) is 11.8 Å². The normalized spacial score (nSPS) is 20.1. The minimum atomic E-state index is -1.76. The van der Waals surface area contributed by atoms with Gasteiger partial charge in [0.05, 0.1) is 17.2 Å². The van der Waals surface area contributed by atoms with Crippen molar-refractivity contribution >= 4 is 75.3 Å². The first-order valence-corrected chi connectivity index (χ1v) is 17.5. The van der Waals surface area contributed by atoms with Gasteiger partial charge in [-0.1, -0.05) is 66.9 Å². The number of rotatable bonds is 11. The number of ether oxygens (including phenoxy) is 2. The van der Waals surface area contributed by atoms with Gasteiger partial charge in [-0.3, -0.25) is 29.2 Å². The number of fused-ring (bicyclic) bond motifs is 1. The topological polar surface area (TPSA) is 159 Å². The predicted octanol–water partition coefficient (Wildman–Crippen LogP) is 4.15. The number of carbonyl (C=O) groups excluding carboxylic acids is 4. The zero-order valence-electron chi connectivity index (χ0n) is 28.0. The van der Waals surface area contributed by atoms with E-state index in [0.717, 1.165) is 16.3 Å². The van der Waals surface area contributed by atoms with E-state index in [9.17, 15) is 24.3 Å². The average molecular weight is 741 g/mol. The molecule has 4 N–H and O–H groups in total. The number of aliphatic hydroxyl groups excluding tert-OH is 1. The van der Waals surface area contributed by atoms with E-state index in [0.29, 0.717) is 51.1 Å². The Labute approximate surface area is 301 Å². The lowest BCUT2D eigenvalue weighted by atomic mass is 9.78. The van der Waals surface area contributed by atoms with Crippen LogP contribution in [0.2, 0.25) is 0 Å². The maximum atomic E-state index is 14.0. The summed E-state index contributed by atoms with van der Waals surface area (Å²) in [6.07, 6.45) is 6.50. The highest BCUT2D eigenvalue weighted by atomic mass is 35.6. The molecule has 2 fully saturated rings. The van der Waals surface area contributed by atoms with E-state index in [1.807, 2.05) is 44.2 Å². The number of pyridine rings is 1. The second kappa shape index (κ2) is 16.8. The maximum absolute atomic E-state index is 14.0. The lowest BCUT2D eigenvalue weighted by molar-refractivity contribution is -0.152. The third kappa shape index (κ3) is 10.5. The van der Waals surface area contributed by atoms with Gasteiger partial charge in [-0.2, -0.15) is 0 Å². The number of aromatic nitrogens is 1. The van der Waals surface area contributed by atoms with Crippen molar-refractivity contribution in [3.63, 3.8) is 0 Å². The molecule has 0 radical (unpaired) electrons. The van der Waals surface area contributed by atoms with Crippen molar-refractivity contribution in [1.29, 1.82) is 0 Å². The number of hydrogen-bond donors (Lipinski definition) is 4. The second-order valence-electron chi connectivity index (χ2n) is 13.0. The number of amides is 3. The van der Waals surface area contributed by atoms with Crippen LogP contribution in [0, 0.1) is 11.3 Å².